The Hall–Kier alpha value is -1.73. The van der Waals surface area contributed by atoms with E-state index in [2.05, 4.69) is 27.1 Å². The fourth-order valence-electron chi connectivity index (χ4n) is 2.22. The minimum Gasteiger partial charge on any atom is -0.336 e. The van der Waals surface area contributed by atoms with Gasteiger partial charge in [-0.2, -0.15) is 0 Å². The molecule has 8 heteroatoms. The van der Waals surface area contributed by atoms with Crippen molar-refractivity contribution in [2.75, 3.05) is 5.75 Å². The summed E-state index contributed by atoms with van der Waals surface area (Å²) in [7, 11) is 0. The monoisotopic (exact) mass is 368 g/mol. The summed E-state index contributed by atoms with van der Waals surface area (Å²) in [6.45, 7) is 6.54. The standard InChI is InChI=1S/C16H21ClN4O2S/c1-4-7-21-13-6-5-11(17)8-12(13)19-16(21)24-9-14(22)20-15(23)18-10(2)3/h5-6,8,10H,4,7,9H2,1-3H3,(H2,18,20,22,23). The van der Waals surface area contributed by atoms with E-state index in [1.807, 2.05) is 32.0 Å². The zero-order valence-electron chi connectivity index (χ0n) is 13.9. The van der Waals surface area contributed by atoms with Crippen LogP contribution >= 0.6 is 23.4 Å². The fourth-order valence-corrected chi connectivity index (χ4v) is 3.23. The van der Waals surface area contributed by atoms with Crippen LogP contribution in [0.4, 0.5) is 4.79 Å². The second-order valence-corrected chi connectivity index (χ2v) is 7.02. The number of imidazole rings is 1. The number of hydrogen-bond acceptors (Lipinski definition) is 4. The van der Waals surface area contributed by atoms with E-state index in [1.165, 1.54) is 11.8 Å². The van der Waals surface area contributed by atoms with E-state index in [4.69, 9.17) is 11.6 Å². The first kappa shape index (κ1) is 18.6. The Balaban J connectivity index is 2.07. The number of rotatable bonds is 6. The van der Waals surface area contributed by atoms with E-state index in [0.717, 1.165) is 29.2 Å². The third kappa shape index (κ3) is 4.88. The summed E-state index contributed by atoms with van der Waals surface area (Å²) in [4.78, 5) is 28.0. The van der Waals surface area contributed by atoms with E-state index in [0.29, 0.717) is 5.02 Å². The van der Waals surface area contributed by atoms with E-state index < -0.39 is 6.03 Å². The fraction of sp³-hybridized carbons (Fsp3) is 0.438. The Kier molecular flexibility index (Phi) is 6.51. The highest BCUT2D eigenvalue weighted by atomic mass is 35.5. The number of amides is 3. The minimum absolute atomic E-state index is 0.0241. The van der Waals surface area contributed by atoms with Crippen LogP contribution in [0.2, 0.25) is 5.02 Å². The molecule has 2 N–H and O–H groups in total. The quantitative estimate of drug-likeness (QED) is 0.766. The molecule has 0 spiro atoms. The van der Waals surface area contributed by atoms with Crippen LogP contribution in [-0.2, 0) is 11.3 Å². The van der Waals surface area contributed by atoms with Crippen LogP contribution in [0, 0.1) is 0 Å². The van der Waals surface area contributed by atoms with Crippen LogP contribution < -0.4 is 10.6 Å². The van der Waals surface area contributed by atoms with Gasteiger partial charge < -0.3 is 9.88 Å². The van der Waals surface area contributed by atoms with Crippen molar-refractivity contribution < 1.29 is 9.59 Å². The van der Waals surface area contributed by atoms with Gasteiger partial charge in [-0.05, 0) is 38.5 Å². The number of halogens is 1. The van der Waals surface area contributed by atoms with Gasteiger partial charge >= 0.3 is 6.03 Å². The number of carbonyl (C=O) groups excluding carboxylic acids is 2. The number of hydrogen-bond donors (Lipinski definition) is 2. The SMILES string of the molecule is CCCn1c(SCC(=O)NC(=O)NC(C)C)nc2cc(Cl)ccc21. The molecule has 0 saturated carbocycles. The van der Waals surface area contributed by atoms with Gasteiger partial charge in [0.05, 0.1) is 16.8 Å². The highest BCUT2D eigenvalue weighted by molar-refractivity contribution is 7.99. The number of urea groups is 1. The molecule has 0 radical (unpaired) electrons. The maximum absolute atomic E-state index is 11.9. The van der Waals surface area contributed by atoms with Crippen molar-refractivity contribution in [3.8, 4) is 0 Å². The lowest BCUT2D eigenvalue weighted by Gasteiger charge is -2.09. The smallest absolute Gasteiger partial charge is 0.321 e. The van der Waals surface area contributed by atoms with E-state index in [-0.39, 0.29) is 17.7 Å². The van der Waals surface area contributed by atoms with Gasteiger partial charge in [0.15, 0.2) is 5.16 Å². The number of thioether (sulfide) groups is 1. The first-order valence-corrected chi connectivity index (χ1v) is 9.16. The van der Waals surface area contributed by atoms with Crippen LogP contribution in [0.3, 0.4) is 0 Å². The molecule has 1 aromatic heterocycles. The number of fused-ring (bicyclic) bond motifs is 1. The summed E-state index contributed by atoms with van der Waals surface area (Å²) < 4.78 is 2.07. The summed E-state index contributed by atoms with van der Waals surface area (Å²) in [5.41, 5.74) is 1.79. The molecule has 0 bridgehead atoms. The molecule has 3 amide bonds. The first-order valence-electron chi connectivity index (χ1n) is 7.79. The van der Waals surface area contributed by atoms with Crippen LogP contribution in [-0.4, -0.2) is 33.3 Å². The van der Waals surface area contributed by atoms with E-state index in [9.17, 15) is 9.59 Å². The number of aromatic nitrogens is 2. The molecular weight excluding hydrogens is 348 g/mol. The maximum Gasteiger partial charge on any atom is 0.321 e. The second-order valence-electron chi connectivity index (χ2n) is 5.64. The van der Waals surface area contributed by atoms with Crippen molar-refractivity contribution in [2.24, 2.45) is 0 Å². The van der Waals surface area contributed by atoms with Gasteiger partial charge in [0, 0.05) is 17.6 Å². The minimum atomic E-state index is -0.482. The molecule has 0 saturated heterocycles. The largest absolute Gasteiger partial charge is 0.336 e. The van der Waals surface area contributed by atoms with Gasteiger partial charge in [-0.25, -0.2) is 9.78 Å². The number of nitrogens with zero attached hydrogens (tertiary/aromatic N) is 2. The molecule has 1 heterocycles. The summed E-state index contributed by atoms with van der Waals surface area (Å²) in [6, 6.07) is 5.06. The molecule has 0 unspecified atom stereocenters. The van der Waals surface area contributed by atoms with Gasteiger partial charge in [-0.15, -0.1) is 0 Å². The van der Waals surface area contributed by atoms with Crippen molar-refractivity contribution >= 4 is 46.3 Å². The number of nitrogens with one attached hydrogen (secondary N) is 2. The average molecular weight is 369 g/mol. The summed E-state index contributed by atoms with van der Waals surface area (Å²) >= 11 is 7.32. The van der Waals surface area contributed by atoms with Crippen LogP contribution in [0.5, 0.6) is 0 Å². The van der Waals surface area contributed by atoms with Crippen molar-refractivity contribution in [3.05, 3.63) is 23.2 Å². The van der Waals surface area contributed by atoms with E-state index in [1.54, 1.807) is 0 Å². The maximum atomic E-state index is 11.9. The Morgan fingerprint density at radius 3 is 2.79 bits per heavy atom. The van der Waals surface area contributed by atoms with Gasteiger partial charge in [0.2, 0.25) is 5.91 Å². The molecule has 2 rings (SSSR count). The van der Waals surface area contributed by atoms with Gasteiger partial charge in [-0.3, -0.25) is 10.1 Å². The van der Waals surface area contributed by atoms with Crippen LogP contribution in [0.25, 0.3) is 11.0 Å². The highest BCUT2D eigenvalue weighted by Gasteiger charge is 2.14. The summed E-state index contributed by atoms with van der Waals surface area (Å²) in [6.07, 6.45) is 0.949. The van der Waals surface area contributed by atoms with Gasteiger partial charge in [-0.1, -0.05) is 30.3 Å². The molecule has 0 aliphatic heterocycles. The van der Waals surface area contributed by atoms with Crippen molar-refractivity contribution in [1.29, 1.82) is 0 Å². The molecule has 0 aliphatic rings. The number of imide groups is 1. The molecule has 1 aromatic carbocycles. The predicted octanol–water partition coefficient (Wildman–Crippen LogP) is 3.43. The Bertz CT molecular complexity index is 745. The van der Waals surface area contributed by atoms with E-state index >= 15 is 0 Å². The van der Waals surface area contributed by atoms with Crippen molar-refractivity contribution in [3.63, 3.8) is 0 Å². The first-order chi connectivity index (χ1) is 11.4. The van der Waals surface area contributed by atoms with Crippen molar-refractivity contribution in [1.82, 2.24) is 20.2 Å². The van der Waals surface area contributed by atoms with Gasteiger partial charge in [0.25, 0.3) is 0 Å². The third-order valence-corrected chi connectivity index (χ3v) is 4.34. The van der Waals surface area contributed by atoms with Crippen LogP contribution in [0.1, 0.15) is 27.2 Å². The highest BCUT2D eigenvalue weighted by Crippen LogP contribution is 2.26. The zero-order chi connectivity index (χ0) is 17.7. The number of aryl methyl sites for hydroxylation is 1. The van der Waals surface area contributed by atoms with Gasteiger partial charge in [0.1, 0.15) is 0 Å². The lowest BCUT2D eigenvalue weighted by molar-refractivity contribution is -0.117. The Morgan fingerprint density at radius 1 is 1.38 bits per heavy atom. The second kappa shape index (κ2) is 8.39. The van der Waals surface area contributed by atoms with Crippen LogP contribution in [0.15, 0.2) is 23.4 Å². The predicted molar refractivity (Wildman–Crippen MR) is 97.6 cm³/mol. The zero-order valence-corrected chi connectivity index (χ0v) is 15.5. The Labute approximate surface area is 150 Å². The van der Waals surface area contributed by atoms with Crippen molar-refractivity contribution in [2.45, 2.75) is 44.9 Å². The topological polar surface area (TPSA) is 76.0 Å². The lowest BCUT2D eigenvalue weighted by Crippen LogP contribution is -2.43. The molecular formula is C16H21ClN4O2S. The molecule has 0 aliphatic carbocycles. The molecule has 24 heavy (non-hydrogen) atoms. The number of benzene rings is 1. The number of carbonyl (C=O) groups is 2. The third-order valence-electron chi connectivity index (χ3n) is 3.13. The molecule has 2 aromatic rings. The molecule has 0 fully saturated rings. The Morgan fingerprint density at radius 2 is 2.12 bits per heavy atom. The molecule has 6 nitrogen and oxygen atoms in total. The normalized spacial score (nSPS) is 11.0. The molecule has 0 atom stereocenters. The summed E-state index contributed by atoms with van der Waals surface area (Å²) in [5, 5.41) is 6.30. The lowest BCUT2D eigenvalue weighted by atomic mass is 10.3. The summed E-state index contributed by atoms with van der Waals surface area (Å²) in [5.74, 6) is -0.238. The molecule has 130 valence electrons. The average Bonchev–Trinajstić information content (AvgIpc) is 2.81.